The van der Waals surface area contributed by atoms with Gasteiger partial charge in [0, 0.05) is 50.9 Å². The number of nitrogens with one attached hydrogen (secondary N) is 1. The molecule has 0 aromatic heterocycles. The van der Waals surface area contributed by atoms with Gasteiger partial charge in [-0.1, -0.05) is 45.9 Å². The number of aliphatic hydroxyl groups is 1. The van der Waals surface area contributed by atoms with Crippen LogP contribution in [-0.4, -0.2) is 72.1 Å². The summed E-state index contributed by atoms with van der Waals surface area (Å²) >= 11 is 0. The molecule has 0 bridgehead atoms. The standard InChI is InChI=1S/C25H43N3O3/c1-7-10-28(11-8-2)25(31)22(13-19(4)9-3)14-24(30)26-15-23(29)18-27-16-20(5)12-21(6)17-27/h9,13-14,20-21,23,29H,3,7-8,10-12,15-18H2,1-2,4-6H3,(H,26,30)/b19-13-,22-14+. The molecule has 0 spiro atoms. The molecule has 0 radical (unpaired) electrons. The van der Waals surface area contributed by atoms with Crippen LogP contribution in [0.5, 0.6) is 0 Å². The first-order valence-electron chi connectivity index (χ1n) is 11.7. The molecule has 1 rings (SSSR count). The largest absolute Gasteiger partial charge is 0.390 e. The van der Waals surface area contributed by atoms with Crippen LogP contribution in [0.1, 0.15) is 53.9 Å². The molecule has 3 unspecified atom stereocenters. The van der Waals surface area contributed by atoms with Crippen molar-refractivity contribution in [3.8, 4) is 0 Å². The lowest BCUT2D eigenvalue weighted by molar-refractivity contribution is -0.127. The quantitative estimate of drug-likeness (QED) is 0.366. The lowest BCUT2D eigenvalue weighted by Crippen LogP contribution is -2.45. The van der Waals surface area contributed by atoms with Crippen LogP contribution < -0.4 is 5.32 Å². The van der Waals surface area contributed by atoms with Gasteiger partial charge in [-0.25, -0.2) is 0 Å². The number of nitrogens with zero attached hydrogens (tertiary/aromatic N) is 2. The van der Waals surface area contributed by atoms with E-state index in [4.69, 9.17) is 0 Å². The van der Waals surface area contributed by atoms with Gasteiger partial charge in [0.05, 0.1) is 6.10 Å². The highest BCUT2D eigenvalue weighted by Gasteiger charge is 2.23. The molecule has 1 aliphatic heterocycles. The number of aliphatic hydroxyl groups excluding tert-OH is 1. The minimum absolute atomic E-state index is 0.156. The third-order valence-corrected chi connectivity index (χ3v) is 5.44. The molecule has 31 heavy (non-hydrogen) atoms. The fourth-order valence-corrected chi connectivity index (χ4v) is 4.22. The van der Waals surface area contributed by atoms with E-state index in [0.717, 1.165) is 31.5 Å². The Kier molecular flexibility index (Phi) is 12.4. The number of carbonyl (C=O) groups is 2. The summed E-state index contributed by atoms with van der Waals surface area (Å²) in [5.74, 6) is 0.716. The minimum Gasteiger partial charge on any atom is -0.390 e. The van der Waals surface area contributed by atoms with Crippen LogP contribution in [0.3, 0.4) is 0 Å². The highest BCUT2D eigenvalue weighted by molar-refractivity contribution is 6.03. The number of rotatable bonds is 12. The lowest BCUT2D eigenvalue weighted by Gasteiger charge is -2.36. The highest BCUT2D eigenvalue weighted by atomic mass is 16.3. The maximum absolute atomic E-state index is 13.0. The molecule has 1 heterocycles. The van der Waals surface area contributed by atoms with Gasteiger partial charge in [0.2, 0.25) is 5.91 Å². The molecule has 6 nitrogen and oxygen atoms in total. The number of hydrogen-bond donors (Lipinski definition) is 2. The van der Waals surface area contributed by atoms with E-state index in [-0.39, 0.29) is 18.4 Å². The molecule has 2 N–H and O–H groups in total. The predicted molar refractivity (Wildman–Crippen MR) is 128 cm³/mol. The third-order valence-electron chi connectivity index (χ3n) is 5.44. The summed E-state index contributed by atoms with van der Waals surface area (Å²) < 4.78 is 0. The number of amides is 2. The van der Waals surface area contributed by atoms with Gasteiger partial charge >= 0.3 is 0 Å². The van der Waals surface area contributed by atoms with Crippen molar-refractivity contribution >= 4 is 11.8 Å². The van der Waals surface area contributed by atoms with E-state index >= 15 is 0 Å². The van der Waals surface area contributed by atoms with Crippen LogP contribution in [0.15, 0.2) is 36.0 Å². The van der Waals surface area contributed by atoms with Crippen LogP contribution in [0.25, 0.3) is 0 Å². The third kappa shape index (κ3) is 10.3. The summed E-state index contributed by atoms with van der Waals surface area (Å²) in [7, 11) is 0. The first kappa shape index (κ1) is 27.1. The summed E-state index contributed by atoms with van der Waals surface area (Å²) in [6.07, 6.45) is 6.98. The monoisotopic (exact) mass is 433 g/mol. The Labute approximate surface area is 189 Å². The van der Waals surface area contributed by atoms with Crippen molar-refractivity contribution in [1.82, 2.24) is 15.1 Å². The van der Waals surface area contributed by atoms with Gasteiger partial charge in [0.25, 0.3) is 5.91 Å². The van der Waals surface area contributed by atoms with Crippen LogP contribution in [0.2, 0.25) is 0 Å². The van der Waals surface area contributed by atoms with Gasteiger partial charge < -0.3 is 20.2 Å². The fraction of sp³-hybridized carbons (Fsp3) is 0.680. The topological polar surface area (TPSA) is 72.9 Å². The molecule has 0 aliphatic carbocycles. The van der Waals surface area contributed by atoms with E-state index in [1.54, 1.807) is 17.1 Å². The molecule has 0 aromatic carbocycles. The average molecular weight is 434 g/mol. The van der Waals surface area contributed by atoms with Crippen LogP contribution in [0, 0.1) is 11.8 Å². The van der Waals surface area contributed by atoms with Crippen molar-refractivity contribution in [2.24, 2.45) is 11.8 Å². The molecule has 1 aliphatic rings. The summed E-state index contributed by atoms with van der Waals surface area (Å²) in [6, 6.07) is 0. The van der Waals surface area contributed by atoms with Gasteiger partial charge in [-0.2, -0.15) is 0 Å². The Morgan fingerprint density at radius 3 is 2.26 bits per heavy atom. The SMILES string of the molecule is C=C/C(C)=C\C(=C/C(=O)NCC(O)CN1CC(C)CC(C)C1)C(=O)N(CCC)CCC. The number of hydrogen-bond acceptors (Lipinski definition) is 4. The Balaban J connectivity index is 2.77. The molecular formula is C25H43N3O3. The molecule has 176 valence electrons. The number of allylic oxidation sites excluding steroid dienone is 2. The normalized spacial score (nSPS) is 21.5. The molecule has 3 atom stereocenters. The van der Waals surface area contributed by atoms with Crippen molar-refractivity contribution in [3.63, 3.8) is 0 Å². The summed E-state index contributed by atoms with van der Waals surface area (Å²) in [5.41, 5.74) is 1.15. The highest BCUT2D eigenvalue weighted by Crippen LogP contribution is 2.20. The zero-order valence-corrected chi connectivity index (χ0v) is 20.2. The molecule has 1 fully saturated rings. The zero-order valence-electron chi connectivity index (χ0n) is 20.2. The number of likely N-dealkylation sites (tertiary alicyclic amines) is 1. The second-order valence-corrected chi connectivity index (χ2v) is 9.05. The van der Waals surface area contributed by atoms with Crippen molar-refractivity contribution in [1.29, 1.82) is 0 Å². The molecule has 2 amide bonds. The van der Waals surface area contributed by atoms with E-state index in [0.29, 0.717) is 37.0 Å². The van der Waals surface area contributed by atoms with Crippen molar-refractivity contribution in [3.05, 3.63) is 36.0 Å². The summed E-state index contributed by atoms with van der Waals surface area (Å²) in [5, 5.41) is 13.2. The van der Waals surface area contributed by atoms with Gasteiger partial charge in [-0.05, 0) is 44.1 Å². The van der Waals surface area contributed by atoms with Crippen molar-refractivity contribution in [2.45, 2.75) is 60.0 Å². The average Bonchev–Trinajstić information content (AvgIpc) is 2.70. The van der Waals surface area contributed by atoms with E-state index in [1.807, 2.05) is 20.8 Å². The van der Waals surface area contributed by atoms with Gasteiger partial charge in [-0.15, -0.1) is 0 Å². The Bertz CT molecular complexity index is 640. The number of carbonyl (C=O) groups excluding carboxylic acids is 2. The second-order valence-electron chi connectivity index (χ2n) is 9.05. The Hall–Kier alpha value is -1.92. The summed E-state index contributed by atoms with van der Waals surface area (Å²) in [6.45, 7) is 18.1. The molecule has 1 saturated heterocycles. The van der Waals surface area contributed by atoms with Crippen molar-refractivity contribution < 1.29 is 14.7 Å². The molecule has 6 heteroatoms. The number of piperidine rings is 1. The first-order chi connectivity index (χ1) is 14.7. The van der Waals surface area contributed by atoms with Gasteiger partial charge in [-0.3, -0.25) is 9.59 Å². The van der Waals surface area contributed by atoms with E-state index in [2.05, 4.69) is 30.6 Å². The Morgan fingerprint density at radius 1 is 1.16 bits per heavy atom. The molecule has 0 aromatic rings. The maximum atomic E-state index is 13.0. The van der Waals surface area contributed by atoms with E-state index in [9.17, 15) is 14.7 Å². The lowest BCUT2D eigenvalue weighted by atomic mass is 9.92. The van der Waals surface area contributed by atoms with Crippen LogP contribution >= 0.6 is 0 Å². The minimum atomic E-state index is -0.642. The molecule has 0 saturated carbocycles. The smallest absolute Gasteiger partial charge is 0.254 e. The van der Waals surface area contributed by atoms with Gasteiger partial charge in [0.15, 0.2) is 0 Å². The van der Waals surface area contributed by atoms with Crippen LogP contribution in [-0.2, 0) is 9.59 Å². The van der Waals surface area contributed by atoms with Gasteiger partial charge in [0.1, 0.15) is 0 Å². The van der Waals surface area contributed by atoms with Crippen molar-refractivity contribution in [2.75, 3.05) is 39.3 Å². The number of β-amino-alcohol motifs (C(OH)–C–C–N with tert-alkyl or cyclic N) is 1. The van der Waals surface area contributed by atoms with E-state index in [1.165, 1.54) is 12.5 Å². The first-order valence-corrected chi connectivity index (χ1v) is 11.7. The second kappa shape index (κ2) is 14.2. The maximum Gasteiger partial charge on any atom is 0.254 e. The predicted octanol–water partition coefficient (Wildman–Crippen LogP) is 3.15. The molecular weight excluding hydrogens is 390 g/mol. The summed E-state index contributed by atoms with van der Waals surface area (Å²) in [4.78, 5) is 29.6. The van der Waals surface area contributed by atoms with Crippen LogP contribution in [0.4, 0.5) is 0 Å². The Morgan fingerprint density at radius 2 is 1.74 bits per heavy atom. The zero-order chi connectivity index (χ0) is 23.4. The fourth-order valence-electron chi connectivity index (χ4n) is 4.22. The van der Waals surface area contributed by atoms with E-state index < -0.39 is 6.10 Å².